The lowest BCUT2D eigenvalue weighted by Crippen LogP contribution is -2.45. The van der Waals surface area contributed by atoms with Crippen molar-refractivity contribution in [3.63, 3.8) is 0 Å². The van der Waals surface area contributed by atoms with Gasteiger partial charge in [-0.05, 0) is 49.6 Å². The lowest BCUT2D eigenvalue weighted by molar-refractivity contribution is 0.156. The molecule has 0 aromatic heterocycles. The van der Waals surface area contributed by atoms with Crippen molar-refractivity contribution in [3.8, 4) is 0 Å². The number of aryl methyl sites for hydroxylation is 1. The van der Waals surface area contributed by atoms with Gasteiger partial charge in [0.25, 0.3) is 10.0 Å². The van der Waals surface area contributed by atoms with Gasteiger partial charge in [0.15, 0.2) is 0 Å². The molecule has 0 unspecified atom stereocenters. The van der Waals surface area contributed by atoms with Gasteiger partial charge in [0, 0.05) is 29.9 Å². The lowest BCUT2D eigenvalue weighted by atomic mass is 9.85. The van der Waals surface area contributed by atoms with E-state index < -0.39 is 26.8 Å². The minimum atomic E-state index is -4.19. The quantitative estimate of drug-likeness (QED) is 0.556. The van der Waals surface area contributed by atoms with Gasteiger partial charge in [-0.25, -0.2) is 17.6 Å². The largest absolute Gasteiger partial charge is 0.396 e. The van der Waals surface area contributed by atoms with E-state index in [1.54, 1.807) is 37.3 Å². The predicted octanol–water partition coefficient (Wildman–Crippen LogP) is 3.61. The Hall–Kier alpha value is -2.65. The molecule has 1 aliphatic rings. The number of halogens is 1. The fourth-order valence-electron chi connectivity index (χ4n) is 3.65. The molecule has 2 atom stereocenters. The maximum absolute atomic E-state index is 14.5. The number of carbonyl (C=O) groups is 1. The first-order valence-corrected chi connectivity index (χ1v) is 11.3. The second-order valence-electron chi connectivity index (χ2n) is 7.50. The van der Waals surface area contributed by atoms with Crippen LogP contribution in [0.5, 0.6) is 0 Å². The van der Waals surface area contributed by atoms with Crippen molar-refractivity contribution in [1.29, 1.82) is 0 Å². The Morgan fingerprint density at radius 3 is 2.57 bits per heavy atom. The lowest BCUT2D eigenvalue weighted by Gasteiger charge is -2.30. The first-order chi connectivity index (χ1) is 14.3. The van der Waals surface area contributed by atoms with Crippen molar-refractivity contribution >= 4 is 27.4 Å². The highest BCUT2D eigenvalue weighted by Crippen LogP contribution is 2.27. The second kappa shape index (κ2) is 9.44. The normalized spacial score (nSPS) is 19.2. The third-order valence-corrected chi connectivity index (χ3v) is 6.70. The van der Waals surface area contributed by atoms with Gasteiger partial charge in [-0.3, -0.25) is 4.72 Å². The highest BCUT2D eigenvalue weighted by molar-refractivity contribution is 7.92. The Morgan fingerprint density at radius 1 is 1.17 bits per heavy atom. The van der Waals surface area contributed by atoms with Crippen molar-refractivity contribution in [3.05, 3.63) is 53.8 Å². The molecule has 1 fully saturated rings. The van der Waals surface area contributed by atoms with Crippen LogP contribution in [-0.4, -0.2) is 32.2 Å². The Kier molecular flexibility index (Phi) is 6.94. The van der Waals surface area contributed by atoms with Gasteiger partial charge in [-0.2, -0.15) is 0 Å². The molecule has 1 aliphatic carbocycles. The summed E-state index contributed by atoms with van der Waals surface area (Å²) in [5.74, 6) is -0.917. The molecule has 0 saturated heterocycles. The Labute approximate surface area is 175 Å². The van der Waals surface area contributed by atoms with Gasteiger partial charge in [0.05, 0.1) is 0 Å². The molecule has 0 spiro atoms. The standard InChI is InChI=1S/C21H26FN3O4S/c1-14-11-17(22)20(30(28,29)25-16-8-3-2-4-9-16)12-19(14)24-21(27)23-18-10-6-5-7-15(18)13-26/h2-4,8-9,11-12,15,18,25-26H,5-7,10,13H2,1H3,(H2,23,24,27)/t15-,18+/m0/s1. The summed E-state index contributed by atoms with van der Waals surface area (Å²) >= 11 is 0. The molecule has 1 saturated carbocycles. The van der Waals surface area contributed by atoms with Crippen LogP contribution in [0.25, 0.3) is 0 Å². The zero-order chi connectivity index (χ0) is 21.7. The molecule has 0 bridgehead atoms. The predicted molar refractivity (Wildman–Crippen MR) is 113 cm³/mol. The SMILES string of the molecule is Cc1cc(F)c(S(=O)(=O)Nc2ccccc2)cc1NC(=O)N[C@@H]1CCCC[C@H]1CO. The summed E-state index contributed by atoms with van der Waals surface area (Å²) in [4.78, 5) is 11.9. The van der Waals surface area contributed by atoms with Crippen molar-refractivity contribution in [2.75, 3.05) is 16.6 Å². The Morgan fingerprint density at radius 2 is 1.87 bits per heavy atom. The van der Waals surface area contributed by atoms with E-state index in [0.29, 0.717) is 11.3 Å². The van der Waals surface area contributed by atoms with Crippen molar-refractivity contribution in [2.45, 2.75) is 43.5 Å². The van der Waals surface area contributed by atoms with Crippen LogP contribution in [0.2, 0.25) is 0 Å². The third-order valence-electron chi connectivity index (χ3n) is 5.30. The molecule has 7 nitrogen and oxygen atoms in total. The topological polar surface area (TPSA) is 108 Å². The van der Waals surface area contributed by atoms with Gasteiger partial charge < -0.3 is 15.7 Å². The molecule has 2 aromatic carbocycles. The summed E-state index contributed by atoms with van der Waals surface area (Å²) in [5.41, 5.74) is 0.888. The summed E-state index contributed by atoms with van der Waals surface area (Å²) < 4.78 is 42.1. The van der Waals surface area contributed by atoms with Crippen LogP contribution < -0.4 is 15.4 Å². The van der Waals surface area contributed by atoms with E-state index in [1.807, 2.05) is 0 Å². The zero-order valence-corrected chi connectivity index (χ0v) is 17.5. The monoisotopic (exact) mass is 435 g/mol. The van der Waals surface area contributed by atoms with Crippen LogP contribution in [0.4, 0.5) is 20.6 Å². The number of aliphatic hydroxyl groups is 1. The number of urea groups is 1. The highest BCUT2D eigenvalue weighted by atomic mass is 32.2. The Balaban J connectivity index is 1.78. The molecule has 0 radical (unpaired) electrons. The van der Waals surface area contributed by atoms with Crippen LogP contribution >= 0.6 is 0 Å². The van der Waals surface area contributed by atoms with Crippen molar-refractivity contribution < 1.29 is 22.7 Å². The number of hydrogen-bond donors (Lipinski definition) is 4. The fraction of sp³-hybridized carbons (Fsp3) is 0.381. The first-order valence-electron chi connectivity index (χ1n) is 9.86. The number of benzene rings is 2. The maximum Gasteiger partial charge on any atom is 0.319 e. The fourth-order valence-corrected chi connectivity index (χ4v) is 4.80. The smallest absolute Gasteiger partial charge is 0.319 e. The van der Waals surface area contributed by atoms with Crippen molar-refractivity contribution in [2.24, 2.45) is 5.92 Å². The van der Waals surface area contributed by atoms with Gasteiger partial charge in [-0.15, -0.1) is 0 Å². The number of anilines is 2. The van der Waals surface area contributed by atoms with Gasteiger partial charge in [0.2, 0.25) is 0 Å². The van der Waals surface area contributed by atoms with Crippen LogP contribution in [-0.2, 0) is 10.0 Å². The highest BCUT2D eigenvalue weighted by Gasteiger charge is 2.26. The number of para-hydroxylation sites is 1. The number of nitrogens with one attached hydrogen (secondary N) is 3. The van der Waals surface area contributed by atoms with Crippen LogP contribution in [0, 0.1) is 18.7 Å². The number of hydrogen-bond acceptors (Lipinski definition) is 4. The number of rotatable bonds is 6. The number of sulfonamides is 1. The third kappa shape index (κ3) is 5.28. The van der Waals surface area contributed by atoms with E-state index in [-0.39, 0.29) is 24.3 Å². The van der Waals surface area contributed by atoms with Crippen LogP contribution in [0.15, 0.2) is 47.4 Å². The molecule has 2 aromatic rings. The summed E-state index contributed by atoms with van der Waals surface area (Å²) in [5, 5.41) is 15.0. The van der Waals surface area contributed by atoms with Crippen molar-refractivity contribution in [1.82, 2.24) is 5.32 Å². The summed E-state index contributed by atoms with van der Waals surface area (Å²) in [6.45, 7) is 1.57. The van der Waals surface area contributed by atoms with E-state index in [9.17, 15) is 22.7 Å². The molecular formula is C21H26FN3O4S. The minimum Gasteiger partial charge on any atom is -0.396 e. The number of aliphatic hydroxyl groups excluding tert-OH is 1. The molecule has 0 aliphatic heterocycles. The number of amides is 2. The number of carbonyl (C=O) groups excluding carboxylic acids is 1. The molecule has 30 heavy (non-hydrogen) atoms. The average molecular weight is 436 g/mol. The molecular weight excluding hydrogens is 409 g/mol. The maximum atomic E-state index is 14.5. The second-order valence-corrected chi connectivity index (χ2v) is 9.15. The summed E-state index contributed by atoms with van der Waals surface area (Å²) in [6, 6.07) is 9.67. The van der Waals surface area contributed by atoms with E-state index in [0.717, 1.165) is 37.8 Å². The average Bonchev–Trinajstić information content (AvgIpc) is 2.70. The molecule has 0 heterocycles. The molecule has 9 heteroatoms. The zero-order valence-electron chi connectivity index (χ0n) is 16.7. The summed E-state index contributed by atoms with van der Waals surface area (Å²) in [7, 11) is -4.19. The molecule has 2 amide bonds. The van der Waals surface area contributed by atoms with Gasteiger partial charge in [0.1, 0.15) is 10.7 Å². The first kappa shape index (κ1) is 22.0. The van der Waals surface area contributed by atoms with Crippen LogP contribution in [0.3, 0.4) is 0 Å². The molecule has 3 rings (SSSR count). The Bertz CT molecular complexity index is 999. The van der Waals surface area contributed by atoms with Gasteiger partial charge in [-0.1, -0.05) is 31.0 Å². The van der Waals surface area contributed by atoms with E-state index in [1.165, 1.54) is 0 Å². The van der Waals surface area contributed by atoms with E-state index in [4.69, 9.17) is 0 Å². The minimum absolute atomic E-state index is 0.00588. The molecule has 162 valence electrons. The van der Waals surface area contributed by atoms with Gasteiger partial charge >= 0.3 is 6.03 Å². The molecule has 4 N–H and O–H groups in total. The van der Waals surface area contributed by atoms with E-state index >= 15 is 0 Å². The summed E-state index contributed by atoms with van der Waals surface area (Å²) in [6.07, 6.45) is 3.58. The van der Waals surface area contributed by atoms with Crippen LogP contribution in [0.1, 0.15) is 31.2 Å². The van der Waals surface area contributed by atoms with E-state index in [2.05, 4.69) is 15.4 Å².